The van der Waals surface area contributed by atoms with Crippen molar-refractivity contribution >= 4 is 5.97 Å². The summed E-state index contributed by atoms with van der Waals surface area (Å²) in [5.74, 6) is 0.0179. The monoisotopic (exact) mass is 182 g/mol. The first-order valence-electron chi connectivity index (χ1n) is 5.03. The van der Waals surface area contributed by atoms with Gasteiger partial charge in [-0.3, -0.25) is 4.79 Å². The Morgan fingerprint density at radius 1 is 1.62 bits per heavy atom. The summed E-state index contributed by atoms with van der Waals surface area (Å²) < 4.78 is 11.2. The van der Waals surface area contributed by atoms with E-state index in [9.17, 15) is 4.79 Å². The quantitative estimate of drug-likeness (QED) is 0.570. The predicted molar refractivity (Wildman–Crippen MR) is 45.0 cm³/mol. The molecule has 3 heteroatoms. The van der Waals surface area contributed by atoms with Crippen molar-refractivity contribution in [2.24, 2.45) is 11.3 Å². The van der Waals surface area contributed by atoms with Gasteiger partial charge in [-0.15, -0.1) is 0 Å². The summed E-state index contributed by atoms with van der Waals surface area (Å²) >= 11 is 0. The van der Waals surface area contributed by atoms with E-state index >= 15 is 0 Å². The highest BCUT2D eigenvalue weighted by molar-refractivity contribution is 5.77. The van der Waals surface area contributed by atoms with E-state index in [1.165, 1.54) is 0 Å². The maximum atomic E-state index is 11.4. The topological polar surface area (TPSA) is 35.5 Å². The molecule has 4 unspecified atom stereocenters. The number of esters is 1. The summed E-state index contributed by atoms with van der Waals surface area (Å²) in [5.41, 5.74) is 0.0767. The number of hydrogen-bond donors (Lipinski definition) is 0. The van der Waals surface area contributed by atoms with Crippen LogP contribution in [0.4, 0.5) is 0 Å². The van der Waals surface area contributed by atoms with Gasteiger partial charge in [0, 0.05) is 5.41 Å². The molecular weight excluding hydrogens is 168 g/mol. The summed E-state index contributed by atoms with van der Waals surface area (Å²) in [6.45, 7) is 4.32. The first kappa shape index (κ1) is 7.80. The third kappa shape index (κ3) is 0.688. The van der Waals surface area contributed by atoms with Crippen LogP contribution in [0.5, 0.6) is 0 Å². The molecule has 0 radical (unpaired) electrons. The van der Waals surface area contributed by atoms with Crippen molar-refractivity contribution in [3.8, 4) is 0 Å². The molecule has 0 aromatic rings. The summed E-state index contributed by atoms with van der Waals surface area (Å²) in [6.07, 6.45) is 2.27. The van der Waals surface area contributed by atoms with Gasteiger partial charge in [-0.2, -0.15) is 0 Å². The Bertz CT molecular complexity index is 275. The minimum Gasteiger partial charge on any atom is -0.459 e. The summed E-state index contributed by atoms with van der Waals surface area (Å²) in [4.78, 5) is 11.4. The van der Waals surface area contributed by atoms with Crippen molar-refractivity contribution < 1.29 is 14.3 Å². The van der Waals surface area contributed by atoms with Gasteiger partial charge < -0.3 is 9.47 Å². The van der Waals surface area contributed by atoms with Gasteiger partial charge in [0.15, 0.2) is 0 Å². The molecule has 3 saturated heterocycles. The van der Waals surface area contributed by atoms with E-state index in [1.807, 2.05) is 0 Å². The maximum Gasteiger partial charge on any atom is 0.312 e. The van der Waals surface area contributed by atoms with E-state index in [1.54, 1.807) is 0 Å². The zero-order chi connectivity index (χ0) is 9.22. The average Bonchev–Trinajstić information content (AvgIpc) is 2.70. The van der Waals surface area contributed by atoms with Crippen molar-refractivity contribution in [3.63, 3.8) is 0 Å². The SMILES string of the molecule is CC[C@@]1(C)C2CC3C(=O)OC1C3O2. The van der Waals surface area contributed by atoms with Crippen molar-refractivity contribution in [2.45, 2.75) is 45.0 Å². The van der Waals surface area contributed by atoms with Crippen molar-refractivity contribution in [1.29, 1.82) is 0 Å². The highest BCUT2D eigenvalue weighted by atomic mass is 16.6. The molecule has 3 aliphatic rings. The Morgan fingerprint density at radius 2 is 2.38 bits per heavy atom. The Balaban J connectivity index is 2.03. The molecule has 5 atom stereocenters. The van der Waals surface area contributed by atoms with Crippen LogP contribution in [0.25, 0.3) is 0 Å². The third-order valence-corrected chi connectivity index (χ3v) is 4.18. The van der Waals surface area contributed by atoms with Gasteiger partial charge in [-0.05, 0) is 12.8 Å². The van der Waals surface area contributed by atoms with Crippen LogP contribution in [0.3, 0.4) is 0 Å². The molecule has 0 aliphatic carbocycles. The predicted octanol–water partition coefficient (Wildman–Crippen LogP) is 1.12. The Labute approximate surface area is 77.4 Å². The molecule has 3 aliphatic heterocycles. The number of carbonyl (C=O) groups is 1. The number of rotatable bonds is 1. The van der Waals surface area contributed by atoms with Crippen molar-refractivity contribution in [2.75, 3.05) is 0 Å². The van der Waals surface area contributed by atoms with Crippen LogP contribution in [0.1, 0.15) is 26.7 Å². The first-order valence-corrected chi connectivity index (χ1v) is 5.03. The van der Waals surface area contributed by atoms with Gasteiger partial charge in [0.2, 0.25) is 0 Å². The van der Waals surface area contributed by atoms with E-state index < -0.39 is 0 Å². The lowest BCUT2D eigenvalue weighted by molar-refractivity contribution is -0.146. The molecule has 0 N–H and O–H groups in total. The van der Waals surface area contributed by atoms with E-state index in [-0.39, 0.29) is 35.6 Å². The fourth-order valence-corrected chi connectivity index (χ4v) is 3.04. The van der Waals surface area contributed by atoms with E-state index in [0.717, 1.165) is 12.8 Å². The molecule has 3 rings (SSSR count). The second-order valence-electron chi connectivity index (χ2n) is 4.65. The summed E-state index contributed by atoms with van der Waals surface area (Å²) in [7, 11) is 0. The summed E-state index contributed by atoms with van der Waals surface area (Å²) in [5, 5.41) is 0. The van der Waals surface area contributed by atoms with E-state index in [2.05, 4.69) is 13.8 Å². The maximum absolute atomic E-state index is 11.4. The van der Waals surface area contributed by atoms with Crippen LogP contribution in [-0.4, -0.2) is 24.3 Å². The third-order valence-electron chi connectivity index (χ3n) is 4.18. The Kier molecular flexibility index (Phi) is 1.25. The smallest absolute Gasteiger partial charge is 0.312 e. The van der Waals surface area contributed by atoms with Gasteiger partial charge in [0.05, 0.1) is 12.0 Å². The lowest BCUT2D eigenvalue weighted by atomic mass is 9.70. The van der Waals surface area contributed by atoms with Gasteiger partial charge in [0.25, 0.3) is 0 Å². The number of ether oxygens (including phenoxy) is 2. The minimum absolute atomic E-state index is 0.0327. The van der Waals surface area contributed by atoms with Gasteiger partial charge in [-0.25, -0.2) is 0 Å². The zero-order valence-corrected chi connectivity index (χ0v) is 7.95. The van der Waals surface area contributed by atoms with E-state index in [0.29, 0.717) is 0 Å². The second kappa shape index (κ2) is 2.08. The van der Waals surface area contributed by atoms with Crippen molar-refractivity contribution in [3.05, 3.63) is 0 Å². The van der Waals surface area contributed by atoms with Crippen LogP contribution in [0.15, 0.2) is 0 Å². The van der Waals surface area contributed by atoms with Crippen molar-refractivity contribution in [1.82, 2.24) is 0 Å². The lowest BCUT2D eigenvalue weighted by Gasteiger charge is -2.32. The fraction of sp³-hybridized carbons (Fsp3) is 0.900. The molecule has 0 aromatic heterocycles. The molecule has 2 bridgehead atoms. The molecule has 72 valence electrons. The standard InChI is InChI=1S/C10H14O3/c1-3-10(2)6-4-5-7(12-6)8(10)13-9(5)11/h5-8H,3-4H2,1-2H3/t5?,6?,7?,8?,10-/m0/s1. The van der Waals surface area contributed by atoms with Crippen LogP contribution < -0.4 is 0 Å². The normalized spacial score (nSPS) is 57.2. The number of carbonyl (C=O) groups excluding carboxylic acids is 1. The first-order chi connectivity index (χ1) is 6.16. The molecule has 0 aromatic carbocycles. The molecule has 0 spiro atoms. The van der Waals surface area contributed by atoms with Crippen LogP contribution >= 0.6 is 0 Å². The molecule has 3 fully saturated rings. The highest BCUT2D eigenvalue weighted by Crippen LogP contribution is 2.57. The highest BCUT2D eigenvalue weighted by Gasteiger charge is 2.67. The largest absolute Gasteiger partial charge is 0.459 e. The van der Waals surface area contributed by atoms with Crippen LogP contribution in [0, 0.1) is 11.3 Å². The zero-order valence-electron chi connectivity index (χ0n) is 7.95. The number of hydrogen-bond acceptors (Lipinski definition) is 3. The molecule has 3 nitrogen and oxygen atoms in total. The summed E-state index contributed by atoms with van der Waals surface area (Å²) in [6, 6.07) is 0. The lowest BCUT2D eigenvalue weighted by Crippen LogP contribution is -2.41. The molecule has 3 heterocycles. The molecule has 13 heavy (non-hydrogen) atoms. The minimum atomic E-state index is -0.0327. The number of fused-ring (bicyclic) bond motifs is 1. The van der Waals surface area contributed by atoms with Gasteiger partial charge in [0.1, 0.15) is 12.2 Å². The fourth-order valence-electron chi connectivity index (χ4n) is 3.04. The molecular formula is C10H14O3. The average molecular weight is 182 g/mol. The van der Waals surface area contributed by atoms with Crippen LogP contribution in [-0.2, 0) is 14.3 Å². The Hall–Kier alpha value is -0.570. The molecule has 0 amide bonds. The van der Waals surface area contributed by atoms with Gasteiger partial charge in [-0.1, -0.05) is 13.8 Å². The Morgan fingerprint density at radius 3 is 3.08 bits per heavy atom. The van der Waals surface area contributed by atoms with Gasteiger partial charge >= 0.3 is 5.97 Å². The van der Waals surface area contributed by atoms with E-state index in [4.69, 9.17) is 9.47 Å². The second-order valence-corrected chi connectivity index (χ2v) is 4.65. The van der Waals surface area contributed by atoms with Crippen LogP contribution in [0.2, 0.25) is 0 Å². The molecule has 0 saturated carbocycles.